The van der Waals surface area contributed by atoms with Crippen molar-refractivity contribution in [3.63, 3.8) is 0 Å². The highest BCUT2D eigenvalue weighted by atomic mass is 127. The average molecular weight is 512 g/mol. The highest BCUT2D eigenvalue weighted by molar-refractivity contribution is 14.0. The minimum Gasteiger partial charge on any atom is -0.493 e. The van der Waals surface area contributed by atoms with Crippen molar-refractivity contribution in [2.45, 2.75) is 13.0 Å². The van der Waals surface area contributed by atoms with Crippen LogP contribution in [0, 0.1) is 0 Å². The Labute approximate surface area is 189 Å². The number of methoxy groups -OCH3 is 2. The van der Waals surface area contributed by atoms with E-state index < -0.39 is 0 Å². The Kier molecular flexibility index (Phi) is 10.9. The minimum atomic E-state index is -0.0906. The number of halogens is 1. The largest absolute Gasteiger partial charge is 0.493 e. The van der Waals surface area contributed by atoms with Crippen molar-refractivity contribution in [2.75, 3.05) is 34.9 Å². The fraction of sp³-hybridized carbons (Fsp3) is 0.333. The third kappa shape index (κ3) is 7.45. The molecule has 0 aromatic heterocycles. The van der Waals surface area contributed by atoms with Crippen LogP contribution in [0.3, 0.4) is 0 Å². The van der Waals surface area contributed by atoms with Gasteiger partial charge in [-0.15, -0.1) is 24.0 Å². The first kappa shape index (κ1) is 24.5. The molecule has 7 nitrogen and oxygen atoms in total. The zero-order valence-corrected chi connectivity index (χ0v) is 19.6. The quantitative estimate of drug-likeness (QED) is 0.288. The molecule has 1 amide bonds. The number of amides is 1. The van der Waals surface area contributed by atoms with Crippen molar-refractivity contribution in [3.8, 4) is 11.5 Å². The van der Waals surface area contributed by atoms with Gasteiger partial charge < -0.3 is 25.4 Å². The van der Waals surface area contributed by atoms with Gasteiger partial charge in [0.25, 0.3) is 5.91 Å². The van der Waals surface area contributed by atoms with E-state index in [2.05, 4.69) is 20.9 Å². The third-order valence-corrected chi connectivity index (χ3v) is 4.28. The summed E-state index contributed by atoms with van der Waals surface area (Å²) in [5.74, 6) is 2.07. The molecule has 2 aromatic rings. The third-order valence-electron chi connectivity index (χ3n) is 4.28. The van der Waals surface area contributed by atoms with Crippen LogP contribution in [0.2, 0.25) is 0 Å². The van der Waals surface area contributed by atoms with Crippen LogP contribution in [0.15, 0.2) is 47.5 Å². The van der Waals surface area contributed by atoms with E-state index in [0.717, 1.165) is 41.6 Å². The number of hydrogen-bond donors (Lipinski definition) is 3. The van der Waals surface area contributed by atoms with Crippen LogP contribution in [-0.4, -0.2) is 46.7 Å². The molecule has 2 rings (SSSR count). The molecule has 0 saturated carbocycles. The molecule has 2 aromatic carbocycles. The molecule has 0 aliphatic carbocycles. The number of nitrogens with zero attached hydrogens (tertiary/aromatic N) is 1. The van der Waals surface area contributed by atoms with Gasteiger partial charge in [-0.25, -0.2) is 0 Å². The first-order valence-corrected chi connectivity index (χ1v) is 9.07. The maximum absolute atomic E-state index is 11.6. The van der Waals surface area contributed by atoms with Gasteiger partial charge >= 0.3 is 0 Å². The van der Waals surface area contributed by atoms with Crippen molar-refractivity contribution >= 4 is 35.8 Å². The van der Waals surface area contributed by atoms with Crippen molar-refractivity contribution in [3.05, 3.63) is 59.2 Å². The van der Waals surface area contributed by atoms with E-state index in [1.165, 1.54) is 0 Å². The lowest BCUT2D eigenvalue weighted by Crippen LogP contribution is -2.37. The molecule has 0 atom stereocenters. The van der Waals surface area contributed by atoms with Gasteiger partial charge in [0, 0.05) is 32.7 Å². The molecule has 3 N–H and O–H groups in total. The smallest absolute Gasteiger partial charge is 0.251 e. The molecular weight excluding hydrogens is 483 g/mol. The number of carbonyl (C=O) groups excluding carboxylic acids is 1. The van der Waals surface area contributed by atoms with E-state index in [1.54, 1.807) is 28.3 Å². The lowest BCUT2D eigenvalue weighted by Gasteiger charge is -2.13. The number of hydrogen-bond acceptors (Lipinski definition) is 4. The van der Waals surface area contributed by atoms with Crippen LogP contribution < -0.4 is 25.4 Å². The standard InChI is InChI=1S/C21H28N4O3.HI/c1-22-20(26)17-8-5-16(6-9-17)14-25-21(23-2)24-12-11-15-7-10-18(27-3)19(13-15)28-4;/h5-10,13H,11-12,14H2,1-4H3,(H,22,26)(H2,23,24,25);1H. The molecule has 0 unspecified atom stereocenters. The van der Waals surface area contributed by atoms with Gasteiger partial charge in [0.2, 0.25) is 0 Å². The van der Waals surface area contributed by atoms with Crippen LogP contribution in [0.5, 0.6) is 11.5 Å². The molecule has 0 radical (unpaired) electrons. The minimum absolute atomic E-state index is 0. The Hall–Kier alpha value is -2.49. The van der Waals surface area contributed by atoms with E-state index in [9.17, 15) is 4.79 Å². The summed E-state index contributed by atoms with van der Waals surface area (Å²) < 4.78 is 10.6. The zero-order chi connectivity index (χ0) is 20.4. The molecule has 0 aliphatic rings. The summed E-state index contributed by atoms with van der Waals surface area (Å²) >= 11 is 0. The first-order valence-electron chi connectivity index (χ1n) is 9.07. The summed E-state index contributed by atoms with van der Waals surface area (Å²) in [5, 5.41) is 9.18. The highest BCUT2D eigenvalue weighted by Crippen LogP contribution is 2.27. The predicted octanol–water partition coefficient (Wildman–Crippen LogP) is 2.59. The highest BCUT2D eigenvalue weighted by Gasteiger charge is 2.06. The van der Waals surface area contributed by atoms with E-state index in [-0.39, 0.29) is 29.9 Å². The van der Waals surface area contributed by atoms with E-state index in [0.29, 0.717) is 12.1 Å². The Morgan fingerprint density at radius 3 is 2.21 bits per heavy atom. The Morgan fingerprint density at radius 2 is 1.62 bits per heavy atom. The van der Waals surface area contributed by atoms with Gasteiger partial charge in [-0.3, -0.25) is 9.79 Å². The maximum Gasteiger partial charge on any atom is 0.251 e. The zero-order valence-electron chi connectivity index (χ0n) is 17.2. The lowest BCUT2D eigenvalue weighted by atomic mass is 10.1. The molecule has 0 heterocycles. The topological polar surface area (TPSA) is 84.0 Å². The molecule has 0 saturated heterocycles. The Morgan fingerprint density at radius 1 is 0.966 bits per heavy atom. The molecule has 0 fully saturated rings. The number of nitrogens with one attached hydrogen (secondary N) is 3. The molecule has 0 aliphatic heterocycles. The van der Waals surface area contributed by atoms with E-state index in [1.807, 2.05) is 42.5 Å². The number of guanidine groups is 1. The SMILES string of the molecule is CN=C(NCCc1ccc(OC)c(OC)c1)NCc1ccc(C(=O)NC)cc1.I. The second kappa shape index (κ2) is 12.9. The number of aliphatic imine (C=N–C) groups is 1. The van der Waals surface area contributed by atoms with Crippen LogP contribution in [0.1, 0.15) is 21.5 Å². The van der Waals surface area contributed by atoms with Gasteiger partial charge in [0.1, 0.15) is 0 Å². The molecule has 0 bridgehead atoms. The summed E-state index contributed by atoms with van der Waals surface area (Å²) in [6, 6.07) is 13.4. The van der Waals surface area contributed by atoms with Gasteiger partial charge in [-0.2, -0.15) is 0 Å². The molecular formula is C21H29IN4O3. The van der Waals surface area contributed by atoms with E-state index >= 15 is 0 Å². The fourth-order valence-electron chi connectivity index (χ4n) is 2.69. The summed E-state index contributed by atoms with van der Waals surface area (Å²) in [4.78, 5) is 15.8. The first-order chi connectivity index (χ1) is 13.6. The predicted molar refractivity (Wildman–Crippen MR) is 127 cm³/mol. The monoisotopic (exact) mass is 512 g/mol. The van der Waals surface area contributed by atoms with Crippen LogP contribution in [-0.2, 0) is 13.0 Å². The molecule has 158 valence electrons. The average Bonchev–Trinajstić information content (AvgIpc) is 2.75. The number of ether oxygens (including phenoxy) is 2. The lowest BCUT2D eigenvalue weighted by molar-refractivity contribution is 0.0963. The Bertz CT molecular complexity index is 810. The second-order valence-electron chi connectivity index (χ2n) is 6.07. The maximum atomic E-state index is 11.6. The summed E-state index contributed by atoms with van der Waals surface area (Å²) in [7, 11) is 6.61. The van der Waals surface area contributed by atoms with Crippen molar-refractivity contribution < 1.29 is 14.3 Å². The van der Waals surface area contributed by atoms with Crippen molar-refractivity contribution in [1.82, 2.24) is 16.0 Å². The second-order valence-corrected chi connectivity index (χ2v) is 6.07. The van der Waals surface area contributed by atoms with Crippen molar-refractivity contribution in [2.24, 2.45) is 4.99 Å². The van der Waals surface area contributed by atoms with Crippen LogP contribution in [0.25, 0.3) is 0 Å². The van der Waals surface area contributed by atoms with Gasteiger partial charge in [0.05, 0.1) is 14.2 Å². The summed E-state index contributed by atoms with van der Waals surface area (Å²) in [5.41, 5.74) is 2.85. The van der Waals surface area contributed by atoms with Crippen LogP contribution in [0.4, 0.5) is 0 Å². The number of benzene rings is 2. The Balaban J connectivity index is 0.00000420. The fourth-order valence-corrected chi connectivity index (χ4v) is 2.69. The summed E-state index contributed by atoms with van der Waals surface area (Å²) in [6.45, 7) is 1.34. The molecule has 8 heteroatoms. The van der Waals surface area contributed by atoms with Gasteiger partial charge in [-0.1, -0.05) is 18.2 Å². The van der Waals surface area contributed by atoms with Gasteiger partial charge in [-0.05, 0) is 41.8 Å². The van der Waals surface area contributed by atoms with Crippen LogP contribution >= 0.6 is 24.0 Å². The number of carbonyl (C=O) groups is 1. The molecule has 29 heavy (non-hydrogen) atoms. The van der Waals surface area contributed by atoms with E-state index in [4.69, 9.17) is 9.47 Å². The number of rotatable bonds is 8. The van der Waals surface area contributed by atoms with Gasteiger partial charge in [0.15, 0.2) is 17.5 Å². The normalized spacial score (nSPS) is 10.6. The van der Waals surface area contributed by atoms with Crippen molar-refractivity contribution in [1.29, 1.82) is 0 Å². The molecule has 0 spiro atoms. The summed E-state index contributed by atoms with van der Waals surface area (Å²) in [6.07, 6.45) is 0.821.